The van der Waals surface area contributed by atoms with Crippen molar-refractivity contribution in [3.8, 4) is 0 Å². The van der Waals surface area contributed by atoms with E-state index < -0.39 is 5.60 Å². The lowest BCUT2D eigenvalue weighted by Crippen LogP contribution is -2.34. The minimum Gasteiger partial charge on any atom is -0.390 e. The summed E-state index contributed by atoms with van der Waals surface area (Å²) < 4.78 is 1.89. The van der Waals surface area contributed by atoms with Crippen LogP contribution in [0, 0.1) is 13.8 Å². The third-order valence-electron chi connectivity index (χ3n) is 4.06. The molecule has 2 heterocycles. The molecule has 0 radical (unpaired) electrons. The Morgan fingerprint density at radius 3 is 2.80 bits per heavy atom. The summed E-state index contributed by atoms with van der Waals surface area (Å²) in [5.41, 5.74) is 1.46. The van der Waals surface area contributed by atoms with Gasteiger partial charge in [0.1, 0.15) is 0 Å². The maximum absolute atomic E-state index is 12.3. The zero-order valence-corrected chi connectivity index (χ0v) is 12.7. The number of carbonyl (C=O) groups is 1. The number of rotatable bonds is 3. The van der Waals surface area contributed by atoms with Gasteiger partial charge in [-0.2, -0.15) is 5.10 Å². The first-order valence-corrected chi connectivity index (χ1v) is 7.39. The Morgan fingerprint density at radius 1 is 1.40 bits per heavy atom. The van der Waals surface area contributed by atoms with E-state index in [-0.39, 0.29) is 5.91 Å². The smallest absolute Gasteiger partial charge is 0.224 e. The molecule has 1 saturated heterocycles. The first-order valence-electron chi connectivity index (χ1n) is 7.39. The van der Waals surface area contributed by atoms with Crippen LogP contribution in [-0.2, 0) is 11.3 Å². The van der Waals surface area contributed by atoms with Crippen LogP contribution in [0.2, 0.25) is 0 Å². The highest BCUT2D eigenvalue weighted by molar-refractivity contribution is 5.76. The second-order valence-electron chi connectivity index (χ2n) is 6.13. The summed E-state index contributed by atoms with van der Waals surface area (Å²) in [5, 5.41) is 14.4. The van der Waals surface area contributed by atoms with Crippen molar-refractivity contribution in [3.63, 3.8) is 0 Å². The molecule has 1 N–H and O–H groups in total. The Morgan fingerprint density at radius 2 is 2.15 bits per heavy atom. The molecule has 0 aliphatic carbocycles. The molecule has 1 aliphatic rings. The van der Waals surface area contributed by atoms with Crippen LogP contribution in [0.4, 0.5) is 0 Å². The maximum atomic E-state index is 12.3. The Balaban J connectivity index is 1.87. The number of aliphatic hydroxyl groups is 1. The van der Waals surface area contributed by atoms with Gasteiger partial charge in [-0.25, -0.2) is 0 Å². The first-order chi connectivity index (χ1) is 9.37. The minimum absolute atomic E-state index is 0.162. The number of hydrogen-bond donors (Lipinski definition) is 1. The Kier molecular flexibility index (Phi) is 4.48. The molecule has 0 bridgehead atoms. The fraction of sp³-hybridized carbons (Fsp3) is 0.733. The van der Waals surface area contributed by atoms with E-state index in [4.69, 9.17) is 0 Å². The fourth-order valence-electron chi connectivity index (χ4n) is 2.77. The third kappa shape index (κ3) is 3.82. The van der Waals surface area contributed by atoms with E-state index in [0.29, 0.717) is 25.9 Å². The van der Waals surface area contributed by atoms with Gasteiger partial charge in [-0.05, 0) is 46.1 Å². The van der Waals surface area contributed by atoms with Crippen LogP contribution in [0.3, 0.4) is 0 Å². The molecule has 1 amide bonds. The fourth-order valence-corrected chi connectivity index (χ4v) is 2.77. The van der Waals surface area contributed by atoms with Gasteiger partial charge in [0, 0.05) is 31.7 Å². The number of aromatic nitrogens is 2. The van der Waals surface area contributed by atoms with Crippen molar-refractivity contribution in [1.29, 1.82) is 0 Å². The predicted molar refractivity (Wildman–Crippen MR) is 77.4 cm³/mol. The summed E-state index contributed by atoms with van der Waals surface area (Å²) in [6.07, 6.45) is 2.79. The highest BCUT2D eigenvalue weighted by Crippen LogP contribution is 2.21. The monoisotopic (exact) mass is 279 g/mol. The zero-order valence-electron chi connectivity index (χ0n) is 12.7. The molecule has 20 heavy (non-hydrogen) atoms. The maximum Gasteiger partial charge on any atom is 0.224 e. The average Bonchev–Trinajstić information content (AvgIpc) is 2.56. The number of nitrogens with zero attached hydrogens (tertiary/aromatic N) is 3. The highest BCUT2D eigenvalue weighted by Gasteiger charge is 2.26. The Labute approximate surface area is 120 Å². The lowest BCUT2D eigenvalue weighted by Gasteiger charge is -2.22. The predicted octanol–water partition coefficient (Wildman–Crippen LogP) is 1.65. The number of hydrogen-bond acceptors (Lipinski definition) is 3. The van der Waals surface area contributed by atoms with E-state index >= 15 is 0 Å². The normalized spacial score (nSPS) is 23.7. The highest BCUT2D eigenvalue weighted by atomic mass is 16.3. The van der Waals surface area contributed by atoms with E-state index in [1.807, 2.05) is 36.4 Å². The van der Waals surface area contributed by atoms with Crippen molar-refractivity contribution in [2.45, 2.75) is 58.6 Å². The van der Waals surface area contributed by atoms with Gasteiger partial charge in [-0.1, -0.05) is 0 Å². The molecule has 1 unspecified atom stereocenters. The van der Waals surface area contributed by atoms with Gasteiger partial charge in [-0.3, -0.25) is 9.48 Å². The molecular weight excluding hydrogens is 254 g/mol. The van der Waals surface area contributed by atoms with E-state index in [1.54, 1.807) is 0 Å². The molecule has 1 atom stereocenters. The summed E-state index contributed by atoms with van der Waals surface area (Å²) in [7, 11) is 0. The van der Waals surface area contributed by atoms with Crippen LogP contribution in [-0.4, -0.2) is 44.4 Å². The molecule has 0 aromatic carbocycles. The van der Waals surface area contributed by atoms with Crippen molar-refractivity contribution in [1.82, 2.24) is 14.7 Å². The second-order valence-corrected chi connectivity index (χ2v) is 6.13. The number of likely N-dealkylation sites (tertiary alicyclic amines) is 1. The van der Waals surface area contributed by atoms with E-state index in [9.17, 15) is 9.90 Å². The standard InChI is InChI=1S/C15H25N3O2/c1-12-11-13(2)18(16-12)9-5-14(19)17-8-4-6-15(3,20)7-10-17/h11,20H,4-10H2,1-3H3. The Bertz CT molecular complexity index is 479. The quantitative estimate of drug-likeness (QED) is 0.915. The Hall–Kier alpha value is -1.36. The van der Waals surface area contributed by atoms with Gasteiger partial charge in [0.05, 0.1) is 11.3 Å². The molecule has 5 heteroatoms. The molecule has 1 fully saturated rings. The second kappa shape index (κ2) is 5.95. The number of aryl methyl sites for hydroxylation is 3. The first kappa shape index (κ1) is 15.0. The van der Waals surface area contributed by atoms with Gasteiger partial charge in [0.25, 0.3) is 0 Å². The summed E-state index contributed by atoms with van der Waals surface area (Å²) in [4.78, 5) is 14.1. The summed E-state index contributed by atoms with van der Waals surface area (Å²) in [5.74, 6) is 0.162. The van der Waals surface area contributed by atoms with Crippen LogP contribution >= 0.6 is 0 Å². The molecular formula is C15H25N3O2. The topological polar surface area (TPSA) is 58.4 Å². The molecule has 112 valence electrons. The van der Waals surface area contributed by atoms with Gasteiger partial charge < -0.3 is 10.0 Å². The van der Waals surface area contributed by atoms with Crippen LogP contribution in [0.15, 0.2) is 6.07 Å². The third-order valence-corrected chi connectivity index (χ3v) is 4.06. The number of carbonyl (C=O) groups excluding carboxylic acids is 1. The molecule has 2 rings (SSSR count). The average molecular weight is 279 g/mol. The summed E-state index contributed by atoms with van der Waals surface area (Å²) in [6, 6.07) is 2.02. The van der Waals surface area contributed by atoms with Crippen LogP contribution in [0.25, 0.3) is 0 Å². The van der Waals surface area contributed by atoms with Crippen LogP contribution < -0.4 is 0 Å². The molecule has 1 aliphatic heterocycles. The SMILES string of the molecule is Cc1cc(C)n(CCC(=O)N2CCCC(C)(O)CC2)n1. The lowest BCUT2D eigenvalue weighted by molar-refractivity contribution is -0.131. The molecule has 5 nitrogen and oxygen atoms in total. The van der Waals surface area contributed by atoms with Crippen LogP contribution in [0.1, 0.15) is 44.0 Å². The molecule has 1 aromatic heterocycles. The largest absolute Gasteiger partial charge is 0.390 e. The van der Waals surface area contributed by atoms with Gasteiger partial charge in [-0.15, -0.1) is 0 Å². The summed E-state index contributed by atoms with van der Waals surface area (Å²) in [6.45, 7) is 7.87. The minimum atomic E-state index is -0.620. The van der Waals surface area contributed by atoms with Crippen molar-refractivity contribution >= 4 is 5.91 Å². The van der Waals surface area contributed by atoms with Gasteiger partial charge in [0.2, 0.25) is 5.91 Å². The molecule has 0 saturated carbocycles. The summed E-state index contributed by atoms with van der Waals surface area (Å²) >= 11 is 0. The van der Waals surface area contributed by atoms with Gasteiger partial charge in [0.15, 0.2) is 0 Å². The van der Waals surface area contributed by atoms with E-state index in [1.165, 1.54) is 0 Å². The van der Waals surface area contributed by atoms with Crippen molar-refractivity contribution < 1.29 is 9.90 Å². The molecule has 1 aromatic rings. The van der Waals surface area contributed by atoms with E-state index in [2.05, 4.69) is 5.10 Å². The van der Waals surface area contributed by atoms with Crippen molar-refractivity contribution in [2.75, 3.05) is 13.1 Å². The van der Waals surface area contributed by atoms with E-state index in [0.717, 1.165) is 30.8 Å². The van der Waals surface area contributed by atoms with Gasteiger partial charge >= 0.3 is 0 Å². The lowest BCUT2D eigenvalue weighted by atomic mass is 9.98. The molecule has 0 spiro atoms. The van der Waals surface area contributed by atoms with Crippen LogP contribution in [0.5, 0.6) is 0 Å². The zero-order chi connectivity index (χ0) is 14.8. The van der Waals surface area contributed by atoms with Crippen molar-refractivity contribution in [2.24, 2.45) is 0 Å². The number of amides is 1. The van der Waals surface area contributed by atoms with Crippen molar-refractivity contribution in [3.05, 3.63) is 17.5 Å².